The number of rotatable bonds is 11. The van der Waals surface area contributed by atoms with Crippen LogP contribution in [0, 0.1) is 11.8 Å². The van der Waals surface area contributed by atoms with Gasteiger partial charge in [-0.3, -0.25) is 0 Å². The highest BCUT2D eigenvalue weighted by Gasteiger charge is 1.97. The third-order valence-corrected chi connectivity index (χ3v) is 3.30. The number of alkyl halides is 1. The Morgan fingerprint density at radius 2 is 1.61 bits per heavy atom. The van der Waals surface area contributed by atoms with Gasteiger partial charge < -0.3 is 5.11 Å². The molecule has 0 unspecified atom stereocenters. The van der Waals surface area contributed by atoms with Gasteiger partial charge in [-0.2, -0.15) is 0 Å². The van der Waals surface area contributed by atoms with Gasteiger partial charge in [-0.15, -0.1) is 17.5 Å². The normalized spacial score (nSPS) is 11.9. The summed E-state index contributed by atoms with van der Waals surface area (Å²) >= 11 is 5.62. The van der Waals surface area contributed by atoms with Gasteiger partial charge in [-0.25, -0.2) is 0 Å². The number of unbranched alkanes of at least 4 members (excludes halogenated alkanes) is 8. The summed E-state index contributed by atoms with van der Waals surface area (Å²) in [5.41, 5.74) is 0. The van der Waals surface area contributed by atoms with Crippen molar-refractivity contribution in [3.8, 4) is 11.8 Å². The molecule has 0 bridgehead atoms. The highest BCUT2D eigenvalue weighted by molar-refractivity contribution is 6.17. The predicted molar refractivity (Wildman–Crippen MR) is 81.0 cm³/mol. The Balaban J connectivity index is 3.26. The number of halogens is 1. The number of aliphatic hydroxyl groups is 1. The second-order valence-corrected chi connectivity index (χ2v) is 5.27. The molecule has 0 spiro atoms. The minimum atomic E-state index is -0.403. The van der Waals surface area contributed by atoms with Crippen LogP contribution in [-0.4, -0.2) is 17.1 Å². The van der Waals surface area contributed by atoms with E-state index in [0.717, 1.165) is 38.0 Å². The van der Waals surface area contributed by atoms with Crippen molar-refractivity contribution in [1.82, 2.24) is 0 Å². The summed E-state index contributed by atoms with van der Waals surface area (Å²) in [6.45, 7) is 2.17. The Morgan fingerprint density at radius 1 is 0.944 bits per heavy atom. The minimum Gasteiger partial charge on any atom is -0.380 e. The van der Waals surface area contributed by atoms with Crippen molar-refractivity contribution in [1.29, 1.82) is 0 Å². The second-order valence-electron chi connectivity index (χ2n) is 4.89. The molecule has 0 rings (SSSR count). The zero-order valence-electron chi connectivity index (χ0n) is 11.9. The van der Waals surface area contributed by atoms with E-state index in [0.29, 0.717) is 0 Å². The van der Waals surface area contributed by atoms with E-state index in [1.54, 1.807) is 0 Å². The van der Waals surface area contributed by atoms with Crippen molar-refractivity contribution in [2.75, 3.05) is 5.88 Å². The van der Waals surface area contributed by atoms with E-state index in [1.165, 1.54) is 38.5 Å². The van der Waals surface area contributed by atoms with Crippen molar-refractivity contribution in [3.63, 3.8) is 0 Å². The van der Waals surface area contributed by atoms with Crippen molar-refractivity contribution in [3.05, 3.63) is 0 Å². The van der Waals surface area contributed by atoms with Gasteiger partial charge in [-0.05, 0) is 25.7 Å². The molecule has 18 heavy (non-hydrogen) atoms. The molecule has 1 nitrogen and oxygen atoms in total. The maximum Gasteiger partial charge on any atom is 0.114 e. The van der Waals surface area contributed by atoms with E-state index in [2.05, 4.69) is 18.8 Å². The maximum absolute atomic E-state index is 9.59. The van der Waals surface area contributed by atoms with Crippen LogP contribution in [0.1, 0.15) is 77.6 Å². The lowest BCUT2D eigenvalue weighted by atomic mass is 10.1. The number of hydrogen-bond acceptors (Lipinski definition) is 1. The SMILES string of the molecule is CCCCC[C@@H](O)C#CCCCCCCCCCl. The summed E-state index contributed by atoms with van der Waals surface area (Å²) < 4.78 is 0. The van der Waals surface area contributed by atoms with Crippen molar-refractivity contribution in [2.45, 2.75) is 83.7 Å². The molecular weight excluding hydrogens is 244 g/mol. The predicted octanol–water partition coefficient (Wildman–Crippen LogP) is 4.90. The highest BCUT2D eigenvalue weighted by atomic mass is 35.5. The molecular formula is C16H29ClO. The van der Waals surface area contributed by atoms with Crippen LogP contribution < -0.4 is 0 Å². The molecule has 2 heteroatoms. The first-order chi connectivity index (χ1) is 8.81. The molecule has 0 radical (unpaired) electrons. The lowest BCUT2D eigenvalue weighted by Gasteiger charge is -2.01. The van der Waals surface area contributed by atoms with E-state index < -0.39 is 6.10 Å². The fourth-order valence-electron chi connectivity index (χ4n) is 1.86. The highest BCUT2D eigenvalue weighted by Crippen LogP contribution is 2.07. The third-order valence-electron chi connectivity index (χ3n) is 3.04. The molecule has 0 heterocycles. The molecule has 0 amide bonds. The van der Waals surface area contributed by atoms with E-state index in [1.807, 2.05) is 0 Å². The average Bonchev–Trinajstić information content (AvgIpc) is 2.37. The maximum atomic E-state index is 9.59. The Kier molecular flexibility index (Phi) is 14.7. The van der Waals surface area contributed by atoms with E-state index in [-0.39, 0.29) is 0 Å². The topological polar surface area (TPSA) is 20.2 Å². The van der Waals surface area contributed by atoms with Gasteiger partial charge in [0, 0.05) is 12.3 Å². The first-order valence-electron chi connectivity index (χ1n) is 7.53. The Morgan fingerprint density at radius 3 is 2.28 bits per heavy atom. The first-order valence-corrected chi connectivity index (χ1v) is 8.07. The molecule has 0 fully saturated rings. The van der Waals surface area contributed by atoms with Gasteiger partial charge in [0.2, 0.25) is 0 Å². The summed E-state index contributed by atoms with van der Waals surface area (Å²) in [5.74, 6) is 6.83. The van der Waals surface area contributed by atoms with E-state index in [9.17, 15) is 5.11 Å². The van der Waals surface area contributed by atoms with Crippen LogP contribution in [0.5, 0.6) is 0 Å². The molecule has 0 aromatic rings. The van der Waals surface area contributed by atoms with Crippen LogP contribution in [0.2, 0.25) is 0 Å². The Hall–Kier alpha value is -0.190. The molecule has 1 N–H and O–H groups in total. The number of hydrogen-bond donors (Lipinski definition) is 1. The van der Waals surface area contributed by atoms with Crippen LogP contribution in [-0.2, 0) is 0 Å². The van der Waals surface area contributed by atoms with Gasteiger partial charge >= 0.3 is 0 Å². The third kappa shape index (κ3) is 13.9. The Bertz CT molecular complexity index is 217. The van der Waals surface area contributed by atoms with Crippen LogP contribution in [0.3, 0.4) is 0 Å². The molecule has 0 aliphatic carbocycles. The summed E-state index contributed by atoms with van der Waals surface area (Å²) in [5, 5.41) is 9.59. The summed E-state index contributed by atoms with van der Waals surface area (Å²) in [7, 11) is 0. The zero-order valence-corrected chi connectivity index (χ0v) is 12.6. The first kappa shape index (κ1) is 17.8. The smallest absolute Gasteiger partial charge is 0.114 e. The van der Waals surface area contributed by atoms with Gasteiger partial charge in [-0.1, -0.05) is 51.4 Å². The van der Waals surface area contributed by atoms with Crippen LogP contribution >= 0.6 is 11.6 Å². The lowest BCUT2D eigenvalue weighted by molar-refractivity contribution is 0.217. The fraction of sp³-hybridized carbons (Fsp3) is 0.875. The van der Waals surface area contributed by atoms with E-state index >= 15 is 0 Å². The van der Waals surface area contributed by atoms with Crippen molar-refractivity contribution in [2.24, 2.45) is 0 Å². The largest absolute Gasteiger partial charge is 0.380 e. The standard InChI is InChI=1S/C16H29ClO/c1-2-3-10-13-16(18)14-11-8-6-4-5-7-9-12-15-17/h16,18H,2-10,12-13,15H2,1H3/t16-/m1/s1. The van der Waals surface area contributed by atoms with Crippen LogP contribution in [0.25, 0.3) is 0 Å². The van der Waals surface area contributed by atoms with Crippen LogP contribution in [0.15, 0.2) is 0 Å². The fourth-order valence-corrected chi connectivity index (χ4v) is 2.05. The van der Waals surface area contributed by atoms with Gasteiger partial charge in [0.25, 0.3) is 0 Å². The van der Waals surface area contributed by atoms with Gasteiger partial charge in [0.05, 0.1) is 0 Å². The van der Waals surface area contributed by atoms with Crippen LogP contribution in [0.4, 0.5) is 0 Å². The molecule has 0 aliphatic heterocycles. The summed E-state index contributed by atoms with van der Waals surface area (Å²) in [6, 6.07) is 0. The van der Waals surface area contributed by atoms with Gasteiger partial charge in [0.15, 0.2) is 0 Å². The van der Waals surface area contributed by atoms with E-state index in [4.69, 9.17) is 11.6 Å². The monoisotopic (exact) mass is 272 g/mol. The molecule has 0 aliphatic rings. The Labute approximate surface area is 118 Å². The second kappa shape index (κ2) is 14.9. The van der Waals surface area contributed by atoms with Gasteiger partial charge in [0.1, 0.15) is 6.10 Å². The molecule has 0 saturated heterocycles. The molecule has 106 valence electrons. The average molecular weight is 273 g/mol. The molecule has 0 saturated carbocycles. The minimum absolute atomic E-state index is 0.403. The lowest BCUT2D eigenvalue weighted by Crippen LogP contribution is -2.01. The summed E-state index contributed by atoms with van der Waals surface area (Å²) in [4.78, 5) is 0. The quantitative estimate of drug-likeness (QED) is 0.322. The zero-order chi connectivity index (χ0) is 13.5. The van der Waals surface area contributed by atoms with Crippen molar-refractivity contribution < 1.29 is 5.11 Å². The molecule has 1 atom stereocenters. The van der Waals surface area contributed by atoms with Crippen molar-refractivity contribution >= 4 is 11.6 Å². The summed E-state index contributed by atoms with van der Waals surface area (Å²) in [6.07, 6.45) is 12.2. The molecule has 0 aromatic carbocycles. The molecule has 0 aromatic heterocycles. The number of aliphatic hydroxyl groups excluding tert-OH is 1.